The number of benzene rings is 1. The molecule has 2 aliphatic heterocycles. The molecule has 1 aromatic rings. The molecule has 3 N–H and O–H groups in total. The van der Waals surface area contributed by atoms with E-state index in [4.69, 9.17) is 20.2 Å². The Morgan fingerprint density at radius 2 is 2.22 bits per heavy atom. The van der Waals surface area contributed by atoms with Gasteiger partial charge in [-0.15, -0.1) is 0 Å². The van der Waals surface area contributed by atoms with E-state index in [9.17, 15) is 9.18 Å². The second-order valence-corrected chi connectivity index (χ2v) is 9.34. The monoisotopic (exact) mass is 395 g/mol. The van der Waals surface area contributed by atoms with Crippen molar-refractivity contribution in [1.82, 2.24) is 5.32 Å². The molecule has 1 fully saturated rings. The maximum absolute atomic E-state index is 14.8. The predicted molar refractivity (Wildman–Crippen MR) is 105 cm³/mol. The number of thioether (sulfide) groups is 1. The van der Waals surface area contributed by atoms with E-state index in [1.54, 1.807) is 26.8 Å². The van der Waals surface area contributed by atoms with E-state index >= 15 is 0 Å². The van der Waals surface area contributed by atoms with Crippen molar-refractivity contribution in [2.45, 2.75) is 50.5 Å². The number of nitrogen functional groups attached to an aromatic ring is 1. The lowest BCUT2D eigenvalue weighted by atomic mass is 9.74. The van der Waals surface area contributed by atoms with Crippen LogP contribution in [0.4, 0.5) is 14.9 Å². The summed E-state index contributed by atoms with van der Waals surface area (Å²) < 4.78 is 25.8. The number of ether oxygens (including phenoxy) is 2. The molecule has 148 valence electrons. The molecule has 27 heavy (non-hydrogen) atoms. The fraction of sp³-hybridized carbons (Fsp3) is 0.579. The van der Waals surface area contributed by atoms with Crippen molar-refractivity contribution in [2.75, 3.05) is 18.9 Å². The zero-order valence-corrected chi connectivity index (χ0v) is 16.9. The molecule has 0 saturated carbocycles. The summed E-state index contributed by atoms with van der Waals surface area (Å²) in [5.74, 6) is -0.309. The minimum atomic E-state index is -0.924. The first kappa shape index (κ1) is 19.9. The van der Waals surface area contributed by atoms with Crippen LogP contribution >= 0.6 is 11.8 Å². The van der Waals surface area contributed by atoms with Gasteiger partial charge in [0.05, 0.1) is 6.61 Å². The van der Waals surface area contributed by atoms with Crippen LogP contribution in [-0.4, -0.2) is 35.3 Å². The zero-order valence-electron chi connectivity index (χ0n) is 16.0. The maximum Gasteiger partial charge on any atom is 0.413 e. The first-order valence-corrected chi connectivity index (χ1v) is 9.88. The molecule has 8 heteroatoms. The molecule has 0 aromatic heterocycles. The summed E-state index contributed by atoms with van der Waals surface area (Å²) in [5, 5.41) is 3.22. The molecular formula is C19H26FN3O3S. The highest BCUT2D eigenvalue weighted by molar-refractivity contribution is 8.14. The van der Waals surface area contributed by atoms with Gasteiger partial charge in [0.25, 0.3) is 0 Å². The number of rotatable bonds is 1. The van der Waals surface area contributed by atoms with Crippen molar-refractivity contribution < 1.29 is 18.7 Å². The molecule has 1 saturated heterocycles. The van der Waals surface area contributed by atoms with Gasteiger partial charge in [0, 0.05) is 29.0 Å². The number of carbonyl (C=O) groups is 1. The van der Waals surface area contributed by atoms with Crippen LogP contribution in [0, 0.1) is 11.7 Å². The van der Waals surface area contributed by atoms with Crippen molar-refractivity contribution in [3.8, 4) is 0 Å². The maximum atomic E-state index is 14.8. The van der Waals surface area contributed by atoms with Crippen LogP contribution in [0.5, 0.6) is 0 Å². The first-order chi connectivity index (χ1) is 12.6. The molecular weight excluding hydrogens is 369 g/mol. The van der Waals surface area contributed by atoms with Crippen LogP contribution in [0.2, 0.25) is 0 Å². The van der Waals surface area contributed by atoms with Gasteiger partial charge in [0.15, 0.2) is 5.17 Å². The predicted octanol–water partition coefficient (Wildman–Crippen LogP) is 3.66. The molecule has 1 aromatic carbocycles. The highest BCUT2D eigenvalue weighted by atomic mass is 32.2. The Morgan fingerprint density at radius 3 is 2.93 bits per heavy atom. The average molecular weight is 396 g/mol. The summed E-state index contributed by atoms with van der Waals surface area (Å²) in [5.41, 5.74) is 5.25. The number of nitrogens with zero attached hydrogens (tertiary/aromatic N) is 1. The normalized spacial score (nSPS) is 28.1. The Labute approximate surface area is 163 Å². The third-order valence-corrected chi connectivity index (χ3v) is 5.86. The van der Waals surface area contributed by atoms with Crippen LogP contribution in [0.3, 0.4) is 0 Å². The number of nitrogens with two attached hydrogens (primary N) is 1. The van der Waals surface area contributed by atoms with E-state index in [1.165, 1.54) is 23.9 Å². The highest BCUT2D eigenvalue weighted by Crippen LogP contribution is 2.49. The first-order valence-electron chi connectivity index (χ1n) is 9.00. The number of hydrogen-bond acceptors (Lipinski definition) is 6. The van der Waals surface area contributed by atoms with Gasteiger partial charge < -0.3 is 15.2 Å². The Balaban J connectivity index is 2.01. The number of halogens is 1. The lowest BCUT2D eigenvalue weighted by Crippen LogP contribution is -2.52. The van der Waals surface area contributed by atoms with Gasteiger partial charge in [-0.2, -0.15) is 0 Å². The Hall–Kier alpha value is -1.80. The average Bonchev–Trinajstić information content (AvgIpc) is 2.55. The summed E-state index contributed by atoms with van der Waals surface area (Å²) in [6.45, 7) is 8.28. The number of amidine groups is 1. The number of amides is 1. The van der Waals surface area contributed by atoms with Crippen molar-refractivity contribution in [1.29, 1.82) is 0 Å². The van der Waals surface area contributed by atoms with Crippen molar-refractivity contribution in [3.63, 3.8) is 0 Å². The van der Waals surface area contributed by atoms with E-state index in [2.05, 4.69) is 12.2 Å². The van der Waals surface area contributed by atoms with Gasteiger partial charge >= 0.3 is 6.09 Å². The van der Waals surface area contributed by atoms with Crippen LogP contribution in [0.15, 0.2) is 23.2 Å². The molecule has 0 bridgehead atoms. The van der Waals surface area contributed by atoms with E-state index in [-0.39, 0.29) is 23.6 Å². The Bertz CT molecular complexity index is 765. The van der Waals surface area contributed by atoms with E-state index < -0.39 is 17.2 Å². The van der Waals surface area contributed by atoms with Crippen LogP contribution in [-0.2, 0) is 15.0 Å². The van der Waals surface area contributed by atoms with Crippen molar-refractivity contribution in [3.05, 3.63) is 29.6 Å². The van der Waals surface area contributed by atoms with Gasteiger partial charge in [0.1, 0.15) is 17.0 Å². The number of anilines is 1. The van der Waals surface area contributed by atoms with Crippen LogP contribution in [0.25, 0.3) is 0 Å². The van der Waals surface area contributed by atoms with E-state index in [1.807, 2.05) is 0 Å². The SMILES string of the molecule is C[C@H]1SC(NC(=O)OC(C)(C)C)=N[C@@]2(c3cc(N)ccc3F)COCC[C@@H]12. The second kappa shape index (κ2) is 7.31. The lowest BCUT2D eigenvalue weighted by molar-refractivity contribution is -0.00439. The third kappa shape index (κ3) is 4.21. The number of fused-ring (bicyclic) bond motifs is 1. The molecule has 0 aliphatic carbocycles. The smallest absolute Gasteiger partial charge is 0.413 e. The van der Waals surface area contributed by atoms with Crippen molar-refractivity contribution in [2.24, 2.45) is 10.9 Å². The molecule has 0 spiro atoms. The molecule has 2 heterocycles. The van der Waals surface area contributed by atoms with Gasteiger partial charge in [-0.1, -0.05) is 18.7 Å². The van der Waals surface area contributed by atoms with E-state index in [0.717, 1.165) is 6.42 Å². The van der Waals surface area contributed by atoms with Crippen molar-refractivity contribution >= 4 is 28.7 Å². The highest BCUT2D eigenvalue weighted by Gasteiger charge is 2.50. The fourth-order valence-electron chi connectivity index (χ4n) is 3.65. The van der Waals surface area contributed by atoms with Crippen LogP contribution < -0.4 is 11.1 Å². The quantitative estimate of drug-likeness (QED) is 0.709. The lowest BCUT2D eigenvalue weighted by Gasteiger charge is -2.47. The van der Waals surface area contributed by atoms with E-state index in [0.29, 0.717) is 23.0 Å². The largest absolute Gasteiger partial charge is 0.444 e. The standard InChI is InChI=1S/C19H26FN3O3S/c1-11-13-7-8-25-10-19(13,14-9-12(21)5-6-15(14)20)23-16(27-11)22-17(24)26-18(2,3)4/h5-6,9,11,13H,7-8,10,21H2,1-4H3,(H,22,23,24)/t11-,13+,19+/m1/s1. The van der Waals surface area contributed by atoms with Gasteiger partial charge in [0.2, 0.25) is 0 Å². The van der Waals surface area contributed by atoms with Crippen LogP contribution in [0.1, 0.15) is 39.7 Å². The summed E-state index contributed by atoms with van der Waals surface area (Å²) in [6.07, 6.45) is 0.172. The Kier molecular flexibility index (Phi) is 5.40. The number of nitrogens with one attached hydrogen (secondary N) is 1. The minimum Gasteiger partial charge on any atom is -0.444 e. The summed E-state index contributed by atoms with van der Waals surface area (Å²) >= 11 is 1.46. The summed E-state index contributed by atoms with van der Waals surface area (Å²) in [4.78, 5) is 17.0. The number of alkyl carbamates (subject to hydrolysis) is 1. The van der Waals surface area contributed by atoms with Gasteiger partial charge in [-0.05, 0) is 45.4 Å². The zero-order chi connectivity index (χ0) is 19.8. The minimum absolute atomic E-state index is 0.0664. The molecule has 3 rings (SSSR count). The number of aliphatic imine (C=N–C) groups is 1. The number of carbonyl (C=O) groups excluding carboxylic acids is 1. The second-order valence-electron chi connectivity index (χ2n) is 7.98. The number of hydrogen-bond donors (Lipinski definition) is 2. The molecule has 0 unspecified atom stereocenters. The fourth-order valence-corrected chi connectivity index (χ4v) is 4.88. The van der Waals surface area contributed by atoms with Gasteiger partial charge in [-0.25, -0.2) is 14.2 Å². The Morgan fingerprint density at radius 1 is 1.48 bits per heavy atom. The molecule has 2 aliphatic rings. The topological polar surface area (TPSA) is 85.9 Å². The molecule has 0 radical (unpaired) electrons. The summed E-state index contributed by atoms with van der Waals surface area (Å²) in [6, 6.07) is 4.50. The molecule has 1 amide bonds. The summed E-state index contributed by atoms with van der Waals surface area (Å²) in [7, 11) is 0. The molecule has 6 nitrogen and oxygen atoms in total. The molecule has 3 atom stereocenters. The van der Waals surface area contributed by atoms with Gasteiger partial charge in [-0.3, -0.25) is 5.32 Å². The third-order valence-electron chi connectivity index (χ3n) is 4.74.